The lowest BCUT2D eigenvalue weighted by Gasteiger charge is -2.43. The van der Waals surface area contributed by atoms with Crippen LogP contribution in [0.25, 0.3) is 0 Å². The van der Waals surface area contributed by atoms with Crippen LogP contribution in [0.15, 0.2) is 33.7 Å². The van der Waals surface area contributed by atoms with E-state index < -0.39 is 5.97 Å². The lowest BCUT2D eigenvalue weighted by molar-refractivity contribution is -0.140. The topological polar surface area (TPSA) is 76.1 Å². The number of ether oxygens (including phenoxy) is 2. The Bertz CT molecular complexity index is 650. The molecule has 0 saturated carbocycles. The molecule has 0 aromatic carbocycles. The summed E-state index contributed by atoms with van der Waals surface area (Å²) in [5.74, 6) is -0.137. The minimum absolute atomic E-state index is 0.00961. The fourth-order valence-electron chi connectivity index (χ4n) is 3.14. The van der Waals surface area contributed by atoms with Crippen molar-refractivity contribution in [3.8, 4) is 0 Å². The largest absolute Gasteiger partial charge is 0.500 e. The first-order valence-corrected chi connectivity index (χ1v) is 9.11. The van der Waals surface area contributed by atoms with E-state index in [0.29, 0.717) is 16.5 Å². The third kappa shape index (κ3) is 3.82. The lowest BCUT2D eigenvalue weighted by atomic mass is 9.85. The number of carbonyl (C=O) groups is 2. The number of halogens is 1. The van der Waals surface area contributed by atoms with E-state index in [1.165, 1.54) is 6.20 Å². The molecular formula is C18H24BrNO5. The Morgan fingerprint density at radius 1 is 1.48 bits per heavy atom. The molecule has 0 saturated heterocycles. The van der Waals surface area contributed by atoms with Crippen molar-refractivity contribution in [2.24, 2.45) is 5.92 Å². The Morgan fingerprint density at radius 2 is 2.16 bits per heavy atom. The number of rotatable bonds is 6. The number of hydrogen-bond acceptors (Lipinski definition) is 6. The van der Waals surface area contributed by atoms with E-state index in [-0.39, 0.29) is 42.6 Å². The SMILES string of the molecule is CCOC(=O)C1=CN([C@H](CO)C(C)C)C2CC(OC)=C(Br)C=C2C1=O. The third-order valence-electron chi connectivity index (χ3n) is 4.51. The molecule has 0 bridgehead atoms. The van der Waals surface area contributed by atoms with E-state index in [9.17, 15) is 14.7 Å². The fourth-order valence-corrected chi connectivity index (χ4v) is 3.71. The summed E-state index contributed by atoms with van der Waals surface area (Å²) in [5.41, 5.74) is 0.488. The predicted molar refractivity (Wildman–Crippen MR) is 96.7 cm³/mol. The minimum Gasteiger partial charge on any atom is -0.500 e. The molecule has 0 amide bonds. The van der Waals surface area contributed by atoms with Gasteiger partial charge in [-0.1, -0.05) is 13.8 Å². The van der Waals surface area contributed by atoms with Crippen molar-refractivity contribution < 1.29 is 24.2 Å². The smallest absolute Gasteiger partial charge is 0.343 e. The molecule has 0 fully saturated rings. The van der Waals surface area contributed by atoms with Gasteiger partial charge < -0.3 is 19.5 Å². The minimum atomic E-state index is -0.644. The molecule has 138 valence electrons. The van der Waals surface area contributed by atoms with Gasteiger partial charge in [0.25, 0.3) is 0 Å². The van der Waals surface area contributed by atoms with E-state index in [2.05, 4.69) is 15.9 Å². The van der Waals surface area contributed by atoms with Gasteiger partial charge in [0.05, 0.1) is 36.9 Å². The van der Waals surface area contributed by atoms with E-state index in [0.717, 1.165) is 5.76 Å². The average Bonchev–Trinajstić information content (AvgIpc) is 2.57. The zero-order chi connectivity index (χ0) is 18.7. The van der Waals surface area contributed by atoms with Crippen molar-refractivity contribution in [2.45, 2.75) is 39.3 Å². The highest BCUT2D eigenvalue weighted by atomic mass is 79.9. The Morgan fingerprint density at radius 3 is 2.68 bits per heavy atom. The quantitative estimate of drug-likeness (QED) is 0.531. The Kier molecular flexibility index (Phi) is 6.46. The Balaban J connectivity index is 2.54. The van der Waals surface area contributed by atoms with Crippen LogP contribution in [0.3, 0.4) is 0 Å². The highest BCUT2D eigenvalue weighted by Crippen LogP contribution is 2.37. The standard InChI is InChI=1S/C18H24BrNO5/c1-5-25-18(23)12-8-20(15(9-21)10(2)3)14-7-16(24-4)13(19)6-11(14)17(12)22/h6,8,10,14-15,21H,5,7,9H2,1-4H3/t14?,15-/m1/s1. The number of aliphatic hydroxyl groups excluding tert-OH is 1. The summed E-state index contributed by atoms with van der Waals surface area (Å²) in [7, 11) is 1.58. The number of ketones is 1. The maximum absolute atomic E-state index is 12.8. The van der Waals surface area contributed by atoms with Crippen LogP contribution < -0.4 is 0 Å². The summed E-state index contributed by atoms with van der Waals surface area (Å²) >= 11 is 3.42. The number of methoxy groups -OCH3 is 1. The molecule has 6 nitrogen and oxygen atoms in total. The van der Waals surface area contributed by atoms with E-state index in [1.54, 1.807) is 20.1 Å². The number of hydrogen-bond donors (Lipinski definition) is 1. The number of aliphatic hydroxyl groups is 1. The molecule has 1 aliphatic carbocycles. The zero-order valence-electron chi connectivity index (χ0n) is 14.9. The first kappa shape index (κ1) is 19.7. The van der Waals surface area contributed by atoms with Gasteiger partial charge in [0, 0.05) is 18.2 Å². The third-order valence-corrected chi connectivity index (χ3v) is 5.18. The molecule has 25 heavy (non-hydrogen) atoms. The molecule has 0 radical (unpaired) electrons. The summed E-state index contributed by atoms with van der Waals surface area (Å²) in [5, 5.41) is 9.86. The summed E-state index contributed by atoms with van der Waals surface area (Å²) in [6, 6.07) is -0.526. The van der Waals surface area contributed by atoms with E-state index in [4.69, 9.17) is 9.47 Å². The maximum atomic E-state index is 12.8. The molecule has 0 aromatic rings. The van der Waals surface area contributed by atoms with Crippen LogP contribution in [0.1, 0.15) is 27.2 Å². The zero-order valence-corrected chi connectivity index (χ0v) is 16.5. The monoisotopic (exact) mass is 413 g/mol. The van der Waals surface area contributed by atoms with Gasteiger partial charge in [0.2, 0.25) is 0 Å². The van der Waals surface area contributed by atoms with Crippen LogP contribution in [0.2, 0.25) is 0 Å². The van der Waals surface area contributed by atoms with Gasteiger partial charge in [0.15, 0.2) is 5.78 Å². The van der Waals surface area contributed by atoms with Crippen LogP contribution in [0, 0.1) is 5.92 Å². The summed E-state index contributed by atoms with van der Waals surface area (Å²) < 4.78 is 11.1. The summed E-state index contributed by atoms with van der Waals surface area (Å²) in [6.07, 6.45) is 3.71. The van der Waals surface area contributed by atoms with Gasteiger partial charge in [-0.05, 0) is 34.8 Å². The van der Waals surface area contributed by atoms with Crippen LogP contribution in [0.4, 0.5) is 0 Å². The second kappa shape index (κ2) is 8.19. The van der Waals surface area contributed by atoms with Gasteiger partial charge in [-0.3, -0.25) is 4.79 Å². The van der Waals surface area contributed by atoms with Gasteiger partial charge >= 0.3 is 5.97 Å². The Hall–Kier alpha value is -1.60. The van der Waals surface area contributed by atoms with E-state index >= 15 is 0 Å². The number of esters is 1. The fraction of sp³-hybridized carbons (Fsp3) is 0.556. The molecule has 7 heteroatoms. The first-order valence-electron chi connectivity index (χ1n) is 8.31. The maximum Gasteiger partial charge on any atom is 0.343 e. The molecule has 2 rings (SSSR count). The average molecular weight is 414 g/mol. The van der Waals surface area contributed by atoms with E-state index in [1.807, 2.05) is 18.7 Å². The lowest BCUT2D eigenvalue weighted by Crippen LogP contribution is -2.50. The molecule has 2 atom stereocenters. The number of allylic oxidation sites excluding steroid dienone is 2. The highest BCUT2D eigenvalue weighted by molar-refractivity contribution is 9.11. The van der Waals surface area contributed by atoms with Crippen molar-refractivity contribution in [3.05, 3.63) is 33.7 Å². The number of fused-ring (bicyclic) bond motifs is 1. The molecule has 0 spiro atoms. The van der Waals surface area contributed by atoms with Crippen molar-refractivity contribution in [1.29, 1.82) is 0 Å². The second-order valence-electron chi connectivity index (χ2n) is 6.33. The molecule has 1 heterocycles. The van der Waals surface area contributed by atoms with Crippen molar-refractivity contribution in [2.75, 3.05) is 20.3 Å². The van der Waals surface area contributed by atoms with Crippen LogP contribution in [-0.2, 0) is 19.1 Å². The number of nitrogens with zero attached hydrogens (tertiary/aromatic N) is 1. The van der Waals surface area contributed by atoms with Gasteiger partial charge in [-0.15, -0.1) is 0 Å². The van der Waals surface area contributed by atoms with Crippen molar-refractivity contribution in [1.82, 2.24) is 4.90 Å². The van der Waals surface area contributed by atoms with Crippen LogP contribution in [0.5, 0.6) is 0 Å². The molecule has 1 N–H and O–H groups in total. The number of Topliss-reactive ketones (excluding diaryl/α,β-unsaturated/α-hetero) is 1. The van der Waals surface area contributed by atoms with Crippen molar-refractivity contribution in [3.63, 3.8) is 0 Å². The van der Waals surface area contributed by atoms with Gasteiger partial charge in [-0.2, -0.15) is 0 Å². The second-order valence-corrected chi connectivity index (χ2v) is 7.18. The summed E-state index contributed by atoms with van der Waals surface area (Å²) in [6.45, 7) is 5.78. The Labute approximate surface area is 156 Å². The predicted octanol–water partition coefficient (Wildman–Crippen LogP) is 2.29. The normalized spacial score (nSPS) is 21.6. The van der Waals surface area contributed by atoms with Crippen LogP contribution in [-0.4, -0.2) is 54.2 Å². The molecule has 1 unspecified atom stereocenters. The van der Waals surface area contributed by atoms with Crippen molar-refractivity contribution >= 4 is 27.7 Å². The molecule has 1 aliphatic heterocycles. The molecular weight excluding hydrogens is 390 g/mol. The van der Waals surface area contributed by atoms with Gasteiger partial charge in [-0.25, -0.2) is 4.79 Å². The molecule has 2 aliphatic rings. The number of carbonyl (C=O) groups excluding carboxylic acids is 2. The molecule has 0 aromatic heterocycles. The summed E-state index contributed by atoms with van der Waals surface area (Å²) in [4.78, 5) is 27.0. The highest BCUT2D eigenvalue weighted by Gasteiger charge is 2.41. The van der Waals surface area contributed by atoms with Crippen LogP contribution >= 0.6 is 15.9 Å². The first-order chi connectivity index (χ1) is 11.8. The van der Waals surface area contributed by atoms with Gasteiger partial charge in [0.1, 0.15) is 11.3 Å².